The zero-order valence-electron chi connectivity index (χ0n) is 18.6. The highest BCUT2D eigenvalue weighted by atomic mass is 32.2. The molecule has 1 aliphatic carbocycles. The van der Waals surface area contributed by atoms with Gasteiger partial charge in [0.15, 0.2) is 17.3 Å². The van der Waals surface area contributed by atoms with Gasteiger partial charge in [0.05, 0.1) is 21.7 Å². The standard InChI is InChI=1S/C26H22N2O6S/c1-3-13-28(14-4-2)35(32,33)17-11-9-16(10-12-17)34-21-15-20(29)22-23(24(21)27)26(31)19-8-6-5-7-18(19)25(22)30/h3-12,15,29H,1-2,13-14,27H2. The minimum Gasteiger partial charge on any atom is -0.507 e. The molecule has 0 aliphatic heterocycles. The number of carbonyl (C=O) groups is 2. The molecular weight excluding hydrogens is 468 g/mol. The molecule has 3 aromatic rings. The maximum atomic E-state index is 13.1. The zero-order valence-corrected chi connectivity index (χ0v) is 19.4. The van der Waals surface area contributed by atoms with Gasteiger partial charge in [-0.05, 0) is 24.3 Å². The number of hydrogen-bond donors (Lipinski definition) is 2. The maximum Gasteiger partial charge on any atom is 0.243 e. The van der Waals surface area contributed by atoms with Crippen LogP contribution in [-0.4, -0.2) is 42.5 Å². The highest BCUT2D eigenvalue weighted by Gasteiger charge is 2.35. The molecule has 0 heterocycles. The lowest BCUT2D eigenvalue weighted by atomic mass is 9.82. The Bertz CT molecular complexity index is 1470. The summed E-state index contributed by atoms with van der Waals surface area (Å²) in [4.78, 5) is 26.0. The van der Waals surface area contributed by atoms with Crippen molar-refractivity contribution in [3.05, 3.63) is 102 Å². The molecular formula is C26H22N2O6S. The van der Waals surface area contributed by atoms with Gasteiger partial charge in [0.1, 0.15) is 11.5 Å². The Morgan fingerprint density at radius 1 is 0.914 bits per heavy atom. The number of fused-ring (bicyclic) bond motifs is 2. The van der Waals surface area contributed by atoms with Gasteiger partial charge in [-0.1, -0.05) is 36.4 Å². The molecule has 8 nitrogen and oxygen atoms in total. The first-order valence-corrected chi connectivity index (χ1v) is 12.0. The SMILES string of the molecule is C=CCN(CC=C)S(=O)(=O)c1ccc(Oc2cc(O)c3c(c2N)C(=O)c2ccccc2C3=O)cc1. The van der Waals surface area contributed by atoms with Gasteiger partial charge in [-0.15, -0.1) is 13.2 Å². The van der Waals surface area contributed by atoms with E-state index in [2.05, 4.69) is 13.2 Å². The van der Waals surface area contributed by atoms with Crippen molar-refractivity contribution in [3.63, 3.8) is 0 Å². The fourth-order valence-electron chi connectivity index (χ4n) is 3.87. The topological polar surface area (TPSA) is 127 Å². The van der Waals surface area contributed by atoms with E-state index in [4.69, 9.17) is 10.5 Å². The molecule has 0 unspecified atom stereocenters. The second-order valence-electron chi connectivity index (χ2n) is 7.73. The van der Waals surface area contributed by atoms with Crippen molar-refractivity contribution in [1.29, 1.82) is 0 Å². The Morgan fingerprint density at radius 3 is 2.00 bits per heavy atom. The number of phenolic OH excluding ortho intramolecular Hbond substituents is 1. The van der Waals surface area contributed by atoms with Gasteiger partial charge in [0, 0.05) is 30.3 Å². The Hall–Kier alpha value is -4.21. The minimum atomic E-state index is -3.80. The van der Waals surface area contributed by atoms with Gasteiger partial charge >= 0.3 is 0 Å². The number of aromatic hydroxyl groups is 1. The molecule has 0 atom stereocenters. The molecule has 178 valence electrons. The molecule has 0 saturated heterocycles. The number of sulfonamides is 1. The summed E-state index contributed by atoms with van der Waals surface area (Å²) >= 11 is 0. The van der Waals surface area contributed by atoms with E-state index >= 15 is 0 Å². The van der Waals surface area contributed by atoms with Crippen LogP contribution in [0.1, 0.15) is 31.8 Å². The number of ketones is 2. The van der Waals surface area contributed by atoms with Crippen molar-refractivity contribution in [2.24, 2.45) is 0 Å². The third-order valence-electron chi connectivity index (χ3n) is 5.53. The van der Waals surface area contributed by atoms with Gasteiger partial charge in [0.2, 0.25) is 10.0 Å². The Labute approximate surface area is 202 Å². The highest BCUT2D eigenvalue weighted by molar-refractivity contribution is 7.89. The summed E-state index contributed by atoms with van der Waals surface area (Å²) in [5.41, 5.74) is 6.16. The molecule has 0 spiro atoms. The number of phenols is 1. The van der Waals surface area contributed by atoms with Crippen molar-refractivity contribution >= 4 is 27.3 Å². The van der Waals surface area contributed by atoms with E-state index in [0.29, 0.717) is 0 Å². The summed E-state index contributed by atoms with van der Waals surface area (Å²) in [5, 5.41) is 10.6. The first-order valence-electron chi connectivity index (χ1n) is 10.5. The van der Waals surface area contributed by atoms with Crippen LogP contribution in [0.15, 0.2) is 84.8 Å². The molecule has 0 radical (unpaired) electrons. The lowest BCUT2D eigenvalue weighted by Gasteiger charge is -2.22. The molecule has 1 aliphatic rings. The highest BCUT2D eigenvalue weighted by Crippen LogP contribution is 2.42. The maximum absolute atomic E-state index is 13.1. The molecule has 4 rings (SSSR count). The van der Waals surface area contributed by atoms with E-state index in [1.807, 2.05) is 0 Å². The molecule has 35 heavy (non-hydrogen) atoms. The van der Waals surface area contributed by atoms with Crippen molar-refractivity contribution in [1.82, 2.24) is 4.31 Å². The summed E-state index contributed by atoms with van der Waals surface area (Å²) in [6.07, 6.45) is 2.96. The third-order valence-corrected chi connectivity index (χ3v) is 7.38. The predicted molar refractivity (Wildman–Crippen MR) is 131 cm³/mol. The monoisotopic (exact) mass is 490 g/mol. The number of nitrogens with two attached hydrogens (primary N) is 1. The first-order chi connectivity index (χ1) is 16.7. The van der Waals surface area contributed by atoms with E-state index in [1.165, 1.54) is 52.9 Å². The van der Waals surface area contributed by atoms with Gasteiger partial charge in [-0.25, -0.2) is 8.42 Å². The summed E-state index contributed by atoms with van der Waals surface area (Å²) in [5.74, 6) is -1.29. The third kappa shape index (κ3) is 4.11. The van der Waals surface area contributed by atoms with Gasteiger partial charge in [-0.2, -0.15) is 4.31 Å². The van der Waals surface area contributed by atoms with Crippen LogP contribution in [0.5, 0.6) is 17.2 Å². The van der Waals surface area contributed by atoms with E-state index in [-0.39, 0.29) is 57.4 Å². The molecule has 3 N–H and O–H groups in total. The van der Waals surface area contributed by atoms with Crippen LogP contribution in [0, 0.1) is 0 Å². The largest absolute Gasteiger partial charge is 0.507 e. The van der Waals surface area contributed by atoms with Gasteiger partial charge in [0.25, 0.3) is 0 Å². The van der Waals surface area contributed by atoms with Crippen LogP contribution >= 0.6 is 0 Å². The quantitative estimate of drug-likeness (QED) is 0.218. The van der Waals surface area contributed by atoms with Crippen molar-refractivity contribution in [3.8, 4) is 17.2 Å². The second-order valence-corrected chi connectivity index (χ2v) is 9.67. The number of rotatable bonds is 8. The molecule has 0 fully saturated rings. The average molecular weight is 491 g/mol. The fourth-order valence-corrected chi connectivity index (χ4v) is 5.25. The molecule has 9 heteroatoms. The van der Waals surface area contributed by atoms with E-state index in [1.54, 1.807) is 12.1 Å². The van der Waals surface area contributed by atoms with Crippen LogP contribution in [0.2, 0.25) is 0 Å². The van der Waals surface area contributed by atoms with Crippen molar-refractivity contribution in [2.75, 3.05) is 18.8 Å². The number of nitrogens with zero attached hydrogens (tertiary/aromatic N) is 1. The number of carbonyl (C=O) groups excluding carboxylic acids is 2. The van der Waals surface area contributed by atoms with E-state index in [0.717, 1.165) is 6.07 Å². The van der Waals surface area contributed by atoms with Crippen LogP contribution < -0.4 is 10.5 Å². The Kier molecular flexibility index (Phi) is 6.29. The lowest BCUT2D eigenvalue weighted by molar-refractivity contribution is 0.0977. The molecule has 0 saturated carbocycles. The number of nitrogen functional groups attached to an aromatic ring is 1. The van der Waals surface area contributed by atoms with E-state index < -0.39 is 27.3 Å². The molecule has 0 amide bonds. The smallest absolute Gasteiger partial charge is 0.243 e. The fraction of sp³-hybridized carbons (Fsp3) is 0.0769. The van der Waals surface area contributed by atoms with E-state index in [9.17, 15) is 23.1 Å². The summed E-state index contributed by atoms with van der Waals surface area (Å²) in [6, 6.07) is 13.0. The molecule has 3 aromatic carbocycles. The Balaban J connectivity index is 1.68. The number of ether oxygens (including phenoxy) is 1. The summed E-state index contributed by atoms with van der Waals surface area (Å²) in [7, 11) is -3.80. The predicted octanol–water partition coefficient (Wildman–Crippen LogP) is 3.90. The first kappa shape index (κ1) is 23.9. The van der Waals surface area contributed by atoms with Crippen LogP contribution in [0.3, 0.4) is 0 Å². The summed E-state index contributed by atoms with van der Waals surface area (Å²) < 4.78 is 32.7. The second kappa shape index (κ2) is 9.21. The summed E-state index contributed by atoms with van der Waals surface area (Å²) in [6.45, 7) is 7.40. The van der Waals surface area contributed by atoms with Crippen molar-refractivity contribution < 1.29 is 27.9 Å². The average Bonchev–Trinajstić information content (AvgIpc) is 2.84. The van der Waals surface area contributed by atoms with Crippen LogP contribution in [0.25, 0.3) is 0 Å². The Morgan fingerprint density at radius 2 is 1.46 bits per heavy atom. The number of anilines is 1. The van der Waals surface area contributed by atoms with Gasteiger partial charge < -0.3 is 15.6 Å². The number of hydrogen-bond acceptors (Lipinski definition) is 7. The normalized spacial score (nSPS) is 12.7. The van der Waals surface area contributed by atoms with Crippen molar-refractivity contribution in [2.45, 2.75) is 4.90 Å². The van der Waals surface area contributed by atoms with Crippen LogP contribution in [0.4, 0.5) is 5.69 Å². The minimum absolute atomic E-state index is 0.0344. The zero-order chi connectivity index (χ0) is 25.3. The lowest BCUT2D eigenvalue weighted by Crippen LogP contribution is -2.31. The van der Waals surface area contributed by atoms with Gasteiger partial charge in [-0.3, -0.25) is 9.59 Å². The van der Waals surface area contributed by atoms with Crippen LogP contribution in [-0.2, 0) is 10.0 Å². The molecule has 0 bridgehead atoms. The number of benzene rings is 3. The molecule has 0 aromatic heterocycles.